The molecule has 2 unspecified atom stereocenters. The number of ether oxygens (including phenoxy) is 1. The van der Waals surface area contributed by atoms with E-state index in [0.29, 0.717) is 5.92 Å². The first kappa shape index (κ1) is 27.5. The van der Waals surface area contributed by atoms with E-state index in [1.54, 1.807) is 0 Å². The van der Waals surface area contributed by atoms with Gasteiger partial charge >= 0.3 is 0 Å². The minimum Gasteiger partial charge on any atom is -0.493 e. The van der Waals surface area contributed by atoms with Crippen LogP contribution in [-0.4, -0.2) is 6.61 Å². The molecular formula is C35H54O. The Morgan fingerprint density at radius 3 is 2.11 bits per heavy atom. The number of allylic oxidation sites excluding steroid dienone is 4. The molecule has 1 heteroatoms. The minimum atomic E-state index is 0.683. The van der Waals surface area contributed by atoms with Gasteiger partial charge in [0, 0.05) is 0 Å². The summed E-state index contributed by atoms with van der Waals surface area (Å²) in [6.07, 6.45) is 32.0. The standard InChI is InChI=1S/C35H54O/c1-3-5-6-8-29-19-21-33(22-20-29)34-23-25-35(26-24-34)36-27-32-17-15-31(16-18-32)14-13-30-11-9-28(7-4-2)10-12-30/h9,11,13-14,23-26,28-33H,3-8,10,12,15-22,27H2,1-2H3/b14-13+. The van der Waals surface area contributed by atoms with Gasteiger partial charge in [0.2, 0.25) is 0 Å². The van der Waals surface area contributed by atoms with Gasteiger partial charge in [0.05, 0.1) is 6.61 Å². The first-order valence-electron chi connectivity index (χ1n) is 15.8. The van der Waals surface area contributed by atoms with Crippen LogP contribution in [-0.2, 0) is 0 Å². The highest BCUT2D eigenvalue weighted by Gasteiger charge is 2.23. The minimum absolute atomic E-state index is 0.683. The van der Waals surface area contributed by atoms with Gasteiger partial charge in [0.25, 0.3) is 0 Å². The van der Waals surface area contributed by atoms with Crippen LogP contribution in [0.2, 0.25) is 0 Å². The lowest BCUT2D eigenvalue weighted by Crippen LogP contribution is -2.19. The molecule has 1 nitrogen and oxygen atoms in total. The van der Waals surface area contributed by atoms with Gasteiger partial charge in [-0.25, -0.2) is 0 Å². The maximum atomic E-state index is 6.25. The van der Waals surface area contributed by atoms with E-state index < -0.39 is 0 Å². The van der Waals surface area contributed by atoms with E-state index in [0.717, 1.165) is 41.9 Å². The molecule has 2 atom stereocenters. The van der Waals surface area contributed by atoms with Crippen molar-refractivity contribution in [1.29, 1.82) is 0 Å². The van der Waals surface area contributed by atoms with Gasteiger partial charge in [0.1, 0.15) is 5.75 Å². The fraction of sp³-hybridized carbons (Fsp3) is 0.714. The average molecular weight is 491 g/mol. The lowest BCUT2D eigenvalue weighted by molar-refractivity contribution is 0.194. The van der Waals surface area contributed by atoms with E-state index in [-0.39, 0.29) is 0 Å². The molecule has 0 aliphatic heterocycles. The molecule has 3 aliphatic carbocycles. The Balaban J connectivity index is 1.11. The second kappa shape index (κ2) is 15.0. The molecule has 0 heterocycles. The van der Waals surface area contributed by atoms with Crippen LogP contribution in [0.5, 0.6) is 5.75 Å². The Labute approximate surface area is 223 Å². The summed E-state index contributed by atoms with van der Waals surface area (Å²) in [5, 5.41) is 0. The number of rotatable bonds is 12. The molecule has 200 valence electrons. The Kier molecular flexibility index (Phi) is 11.5. The number of benzene rings is 1. The molecule has 36 heavy (non-hydrogen) atoms. The summed E-state index contributed by atoms with van der Waals surface area (Å²) >= 11 is 0. The zero-order valence-corrected chi connectivity index (χ0v) is 23.5. The van der Waals surface area contributed by atoms with Crippen molar-refractivity contribution >= 4 is 0 Å². The van der Waals surface area contributed by atoms with Crippen molar-refractivity contribution in [1.82, 2.24) is 0 Å². The first-order valence-corrected chi connectivity index (χ1v) is 15.8. The molecular weight excluding hydrogens is 436 g/mol. The molecule has 2 saturated carbocycles. The van der Waals surface area contributed by atoms with Crippen LogP contribution < -0.4 is 4.74 Å². The SMILES string of the molecule is CCCCCC1CCC(c2ccc(OCC3CCC(/C=C/C4C=CC(CCC)CC4)CC3)cc2)CC1. The summed E-state index contributed by atoms with van der Waals surface area (Å²) in [6, 6.07) is 9.17. The molecule has 1 aromatic rings. The summed E-state index contributed by atoms with van der Waals surface area (Å²) in [6.45, 7) is 5.51. The van der Waals surface area contributed by atoms with Gasteiger partial charge in [0.15, 0.2) is 0 Å². The topological polar surface area (TPSA) is 9.23 Å². The third-order valence-corrected chi connectivity index (χ3v) is 9.58. The predicted molar refractivity (Wildman–Crippen MR) is 156 cm³/mol. The Morgan fingerprint density at radius 1 is 0.694 bits per heavy atom. The van der Waals surface area contributed by atoms with Crippen molar-refractivity contribution in [3.05, 3.63) is 54.1 Å². The van der Waals surface area contributed by atoms with Gasteiger partial charge in [-0.1, -0.05) is 82.4 Å². The van der Waals surface area contributed by atoms with Crippen molar-refractivity contribution in [3.63, 3.8) is 0 Å². The van der Waals surface area contributed by atoms with Gasteiger partial charge in [-0.15, -0.1) is 0 Å². The Bertz CT molecular complexity index is 773. The molecule has 0 aromatic heterocycles. The maximum Gasteiger partial charge on any atom is 0.119 e. The third-order valence-electron chi connectivity index (χ3n) is 9.58. The summed E-state index contributed by atoms with van der Waals surface area (Å²) in [5.74, 6) is 5.86. The van der Waals surface area contributed by atoms with Crippen molar-refractivity contribution in [3.8, 4) is 5.75 Å². The molecule has 0 radical (unpaired) electrons. The molecule has 4 rings (SSSR count). The van der Waals surface area contributed by atoms with E-state index in [4.69, 9.17) is 4.74 Å². The fourth-order valence-electron chi connectivity index (χ4n) is 7.04. The molecule has 0 bridgehead atoms. The Hall–Kier alpha value is -1.50. The summed E-state index contributed by atoms with van der Waals surface area (Å²) < 4.78 is 6.25. The highest BCUT2D eigenvalue weighted by molar-refractivity contribution is 5.29. The quantitative estimate of drug-likeness (QED) is 0.209. The summed E-state index contributed by atoms with van der Waals surface area (Å²) in [5.41, 5.74) is 1.54. The van der Waals surface area contributed by atoms with Crippen LogP contribution in [0.15, 0.2) is 48.6 Å². The fourth-order valence-corrected chi connectivity index (χ4v) is 7.04. The second-order valence-corrected chi connectivity index (χ2v) is 12.4. The van der Waals surface area contributed by atoms with Crippen molar-refractivity contribution < 1.29 is 4.74 Å². The highest BCUT2D eigenvalue weighted by atomic mass is 16.5. The zero-order chi connectivity index (χ0) is 25.0. The van der Waals surface area contributed by atoms with Crippen LogP contribution in [0.25, 0.3) is 0 Å². The molecule has 0 saturated heterocycles. The van der Waals surface area contributed by atoms with Crippen LogP contribution in [0, 0.1) is 29.6 Å². The van der Waals surface area contributed by atoms with Gasteiger partial charge in [-0.05, 0) is 124 Å². The first-order chi connectivity index (χ1) is 17.7. The third kappa shape index (κ3) is 8.81. The van der Waals surface area contributed by atoms with Crippen molar-refractivity contribution in [2.24, 2.45) is 29.6 Å². The highest BCUT2D eigenvalue weighted by Crippen LogP contribution is 2.38. The zero-order valence-electron chi connectivity index (χ0n) is 23.5. The summed E-state index contributed by atoms with van der Waals surface area (Å²) in [4.78, 5) is 0. The average Bonchev–Trinajstić information content (AvgIpc) is 2.93. The van der Waals surface area contributed by atoms with Gasteiger partial charge < -0.3 is 4.74 Å². The predicted octanol–water partition coefficient (Wildman–Crippen LogP) is 10.7. The number of hydrogen-bond acceptors (Lipinski definition) is 1. The maximum absolute atomic E-state index is 6.25. The normalized spacial score (nSPS) is 31.1. The Morgan fingerprint density at radius 2 is 1.44 bits per heavy atom. The molecule has 0 N–H and O–H groups in total. The molecule has 1 aromatic carbocycles. The van der Waals surface area contributed by atoms with Crippen LogP contribution >= 0.6 is 0 Å². The number of hydrogen-bond donors (Lipinski definition) is 0. The second-order valence-electron chi connectivity index (χ2n) is 12.4. The van der Waals surface area contributed by atoms with Crippen LogP contribution in [0.1, 0.15) is 128 Å². The van der Waals surface area contributed by atoms with E-state index in [2.05, 4.69) is 62.4 Å². The lowest BCUT2D eigenvalue weighted by Gasteiger charge is -2.29. The van der Waals surface area contributed by atoms with E-state index in [1.165, 1.54) is 108 Å². The van der Waals surface area contributed by atoms with Crippen molar-refractivity contribution in [2.45, 2.75) is 122 Å². The molecule has 3 aliphatic rings. The molecule has 0 spiro atoms. The smallest absolute Gasteiger partial charge is 0.119 e. The largest absolute Gasteiger partial charge is 0.493 e. The monoisotopic (exact) mass is 490 g/mol. The van der Waals surface area contributed by atoms with E-state index in [9.17, 15) is 0 Å². The molecule has 0 amide bonds. The van der Waals surface area contributed by atoms with Crippen LogP contribution in [0.3, 0.4) is 0 Å². The van der Waals surface area contributed by atoms with Gasteiger partial charge in [-0.2, -0.15) is 0 Å². The van der Waals surface area contributed by atoms with Crippen LogP contribution in [0.4, 0.5) is 0 Å². The lowest BCUT2D eigenvalue weighted by atomic mass is 9.77. The number of unbranched alkanes of at least 4 members (excludes halogenated alkanes) is 2. The van der Waals surface area contributed by atoms with E-state index >= 15 is 0 Å². The summed E-state index contributed by atoms with van der Waals surface area (Å²) in [7, 11) is 0. The van der Waals surface area contributed by atoms with E-state index in [1.807, 2.05) is 0 Å². The van der Waals surface area contributed by atoms with Gasteiger partial charge in [-0.3, -0.25) is 0 Å². The molecule has 2 fully saturated rings. The van der Waals surface area contributed by atoms with Crippen molar-refractivity contribution in [2.75, 3.05) is 6.61 Å².